The fraction of sp³-hybridized carbons (Fsp3) is 0. The van der Waals surface area contributed by atoms with E-state index in [-0.39, 0.29) is 11.6 Å². The molecule has 2 aromatic rings. The lowest BCUT2D eigenvalue weighted by Crippen LogP contribution is -2.09. The number of furan rings is 2. The van der Waals surface area contributed by atoms with E-state index in [1.165, 1.54) is 18.4 Å². The lowest BCUT2D eigenvalue weighted by atomic mass is 10.4. The van der Waals surface area contributed by atoms with Crippen LogP contribution in [-0.2, 0) is 0 Å². The van der Waals surface area contributed by atoms with Crippen LogP contribution >= 0.6 is 0 Å². The highest BCUT2D eigenvalue weighted by atomic mass is 16.6. The second kappa shape index (κ2) is 3.89. The first-order chi connectivity index (χ1) is 7.66. The highest BCUT2D eigenvalue weighted by Gasteiger charge is 2.17. The lowest BCUT2D eigenvalue weighted by molar-refractivity contribution is -0.402. The van der Waals surface area contributed by atoms with Crippen LogP contribution in [0.3, 0.4) is 0 Å². The predicted molar refractivity (Wildman–Crippen MR) is 52.0 cm³/mol. The number of hydrogen-bond donors (Lipinski definition) is 1. The van der Waals surface area contributed by atoms with Crippen molar-refractivity contribution in [2.24, 2.45) is 0 Å². The molecule has 0 aliphatic rings. The monoisotopic (exact) mass is 222 g/mol. The number of rotatable bonds is 3. The summed E-state index contributed by atoms with van der Waals surface area (Å²) in [5, 5.41) is 12.7. The average Bonchev–Trinajstić information content (AvgIpc) is 2.86. The highest BCUT2D eigenvalue weighted by Crippen LogP contribution is 2.17. The quantitative estimate of drug-likeness (QED) is 0.632. The Morgan fingerprint density at radius 2 is 2.19 bits per heavy atom. The van der Waals surface area contributed by atoms with Crippen molar-refractivity contribution < 1.29 is 18.6 Å². The van der Waals surface area contributed by atoms with Crippen LogP contribution in [0.4, 0.5) is 11.8 Å². The molecular formula is C9H6N2O5. The summed E-state index contributed by atoms with van der Waals surface area (Å²) in [6, 6.07) is 5.46. The second-order valence-electron chi connectivity index (χ2n) is 2.83. The summed E-state index contributed by atoms with van der Waals surface area (Å²) in [6.07, 6.45) is 1.39. The first-order valence-corrected chi connectivity index (χ1v) is 4.26. The minimum absolute atomic E-state index is 0.150. The standard InChI is InChI=1S/C9H6N2O5/c12-9(10-7-2-1-5-15-7)6-3-4-8(16-6)11(13)14/h1-5H,(H,10,12). The van der Waals surface area contributed by atoms with E-state index < -0.39 is 16.7 Å². The third-order valence-corrected chi connectivity index (χ3v) is 1.75. The number of nitrogens with zero attached hydrogens (tertiary/aromatic N) is 1. The van der Waals surface area contributed by atoms with E-state index >= 15 is 0 Å². The van der Waals surface area contributed by atoms with Crippen molar-refractivity contribution in [2.45, 2.75) is 0 Å². The molecule has 0 aliphatic carbocycles. The van der Waals surface area contributed by atoms with Crippen molar-refractivity contribution in [1.29, 1.82) is 0 Å². The van der Waals surface area contributed by atoms with Gasteiger partial charge in [-0.3, -0.25) is 20.2 Å². The fourth-order valence-corrected chi connectivity index (χ4v) is 1.07. The van der Waals surface area contributed by atoms with Gasteiger partial charge in [-0.05, 0) is 12.1 Å². The van der Waals surface area contributed by atoms with Gasteiger partial charge < -0.3 is 8.83 Å². The van der Waals surface area contributed by atoms with Crippen molar-refractivity contribution in [3.63, 3.8) is 0 Å². The molecule has 0 saturated heterocycles. The highest BCUT2D eigenvalue weighted by molar-refractivity contribution is 6.01. The van der Waals surface area contributed by atoms with Gasteiger partial charge in [0.25, 0.3) is 5.91 Å². The molecule has 7 heteroatoms. The zero-order valence-corrected chi connectivity index (χ0v) is 7.88. The molecule has 0 aliphatic heterocycles. The van der Waals surface area contributed by atoms with Crippen molar-refractivity contribution in [3.05, 3.63) is 46.4 Å². The van der Waals surface area contributed by atoms with Gasteiger partial charge in [-0.25, -0.2) is 0 Å². The fourth-order valence-electron chi connectivity index (χ4n) is 1.07. The molecule has 16 heavy (non-hydrogen) atoms. The van der Waals surface area contributed by atoms with Crippen molar-refractivity contribution in [1.82, 2.24) is 0 Å². The summed E-state index contributed by atoms with van der Waals surface area (Å²) in [6.45, 7) is 0. The summed E-state index contributed by atoms with van der Waals surface area (Å²) < 4.78 is 9.58. The number of nitrogens with one attached hydrogen (secondary N) is 1. The van der Waals surface area contributed by atoms with Crippen LogP contribution in [0.15, 0.2) is 39.4 Å². The van der Waals surface area contributed by atoms with E-state index in [4.69, 9.17) is 8.83 Å². The maximum absolute atomic E-state index is 11.5. The maximum atomic E-state index is 11.5. The van der Waals surface area contributed by atoms with Crippen LogP contribution in [0.2, 0.25) is 0 Å². The van der Waals surface area contributed by atoms with Crippen LogP contribution in [0.1, 0.15) is 10.6 Å². The molecule has 1 N–H and O–H groups in total. The Bertz CT molecular complexity index is 514. The molecule has 0 unspecified atom stereocenters. The Morgan fingerprint density at radius 1 is 1.38 bits per heavy atom. The largest absolute Gasteiger partial charge is 0.449 e. The summed E-state index contributed by atoms with van der Waals surface area (Å²) in [4.78, 5) is 21.1. The van der Waals surface area contributed by atoms with E-state index in [0.29, 0.717) is 0 Å². The summed E-state index contributed by atoms with van der Waals surface area (Å²) >= 11 is 0. The van der Waals surface area contributed by atoms with Crippen molar-refractivity contribution in [3.8, 4) is 0 Å². The van der Waals surface area contributed by atoms with Gasteiger partial charge in [-0.15, -0.1) is 0 Å². The molecule has 7 nitrogen and oxygen atoms in total. The molecule has 0 saturated carbocycles. The topological polar surface area (TPSA) is 98.5 Å². The van der Waals surface area contributed by atoms with E-state index in [1.807, 2.05) is 0 Å². The molecule has 0 spiro atoms. The SMILES string of the molecule is O=C(Nc1ccco1)c1ccc([N+](=O)[O-])o1. The second-order valence-corrected chi connectivity index (χ2v) is 2.83. The molecule has 0 radical (unpaired) electrons. The van der Waals surface area contributed by atoms with Gasteiger partial charge >= 0.3 is 5.88 Å². The zero-order valence-electron chi connectivity index (χ0n) is 7.88. The van der Waals surface area contributed by atoms with Gasteiger partial charge in [0.2, 0.25) is 0 Å². The molecule has 0 aromatic carbocycles. The van der Waals surface area contributed by atoms with Gasteiger partial charge in [0.05, 0.1) is 12.3 Å². The van der Waals surface area contributed by atoms with Crippen molar-refractivity contribution in [2.75, 3.05) is 5.32 Å². The number of carbonyl (C=O) groups excluding carboxylic acids is 1. The van der Waals surface area contributed by atoms with Gasteiger partial charge in [0.15, 0.2) is 11.6 Å². The van der Waals surface area contributed by atoms with Crippen LogP contribution in [0.25, 0.3) is 0 Å². The van der Waals surface area contributed by atoms with Gasteiger partial charge in [-0.2, -0.15) is 0 Å². The Hall–Kier alpha value is -2.57. The minimum Gasteiger partial charge on any atom is -0.449 e. The zero-order chi connectivity index (χ0) is 11.5. The third kappa shape index (κ3) is 1.92. The normalized spacial score (nSPS) is 10.0. The molecule has 0 bridgehead atoms. The van der Waals surface area contributed by atoms with E-state index in [1.54, 1.807) is 6.07 Å². The van der Waals surface area contributed by atoms with Crippen LogP contribution < -0.4 is 5.32 Å². The Labute approximate surface area is 88.8 Å². The lowest BCUT2D eigenvalue weighted by Gasteiger charge is -1.96. The van der Waals surface area contributed by atoms with E-state index in [9.17, 15) is 14.9 Å². The van der Waals surface area contributed by atoms with Crippen LogP contribution in [0.5, 0.6) is 0 Å². The number of carbonyl (C=O) groups is 1. The van der Waals surface area contributed by atoms with Crippen LogP contribution in [-0.4, -0.2) is 10.8 Å². The molecule has 0 atom stereocenters. The van der Waals surface area contributed by atoms with Gasteiger partial charge in [0.1, 0.15) is 4.92 Å². The van der Waals surface area contributed by atoms with Crippen LogP contribution in [0, 0.1) is 10.1 Å². The van der Waals surface area contributed by atoms with Gasteiger partial charge in [0, 0.05) is 6.07 Å². The maximum Gasteiger partial charge on any atom is 0.433 e. The molecular weight excluding hydrogens is 216 g/mol. The Kier molecular flexibility index (Phi) is 2.42. The molecule has 82 valence electrons. The summed E-state index contributed by atoms with van der Waals surface area (Å²) in [5.41, 5.74) is 0. The predicted octanol–water partition coefficient (Wildman–Crippen LogP) is 2.03. The Balaban J connectivity index is 2.12. The Morgan fingerprint density at radius 3 is 2.75 bits per heavy atom. The number of amides is 1. The van der Waals surface area contributed by atoms with Gasteiger partial charge in [-0.1, -0.05) is 0 Å². The summed E-state index contributed by atoms with van der Waals surface area (Å²) in [7, 11) is 0. The smallest absolute Gasteiger partial charge is 0.433 e. The number of hydrogen-bond acceptors (Lipinski definition) is 5. The molecule has 2 heterocycles. The molecule has 2 rings (SSSR count). The number of nitro groups is 1. The summed E-state index contributed by atoms with van der Waals surface area (Å²) in [5.74, 6) is -1.00. The first kappa shape index (κ1) is 9.97. The molecule has 0 fully saturated rings. The number of anilines is 1. The van der Waals surface area contributed by atoms with E-state index in [0.717, 1.165) is 6.07 Å². The van der Waals surface area contributed by atoms with Crippen molar-refractivity contribution >= 4 is 17.7 Å². The average molecular weight is 222 g/mol. The molecule has 2 aromatic heterocycles. The minimum atomic E-state index is -0.719. The first-order valence-electron chi connectivity index (χ1n) is 4.26. The molecule has 1 amide bonds. The third-order valence-electron chi connectivity index (χ3n) is 1.75. The van der Waals surface area contributed by atoms with E-state index in [2.05, 4.69) is 5.32 Å².